The van der Waals surface area contributed by atoms with E-state index in [0.29, 0.717) is 17.9 Å². The minimum Gasteiger partial charge on any atom is -0.496 e. The molecule has 0 unspecified atom stereocenters. The SMILES string of the molecule is CCOC(=O)c1cc(NC(=O)[C@@](C)(CC)OC)ccc1OC. The Bertz CT molecular complexity index is 537. The van der Waals surface area contributed by atoms with Gasteiger partial charge in [-0.3, -0.25) is 4.79 Å². The second-order valence-corrected chi connectivity index (χ2v) is 4.88. The lowest BCUT2D eigenvalue weighted by molar-refractivity contribution is -0.136. The van der Waals surface area contributed by atoms with E-state index in [4.69, 9.17) is 14.2 Å². The zero-order chi connectivity index (χ0) is 16.8. The first-order chi connectivity index (χ1) is 10.4. The lowest BCUT2D eigenvalue weighted by atomic mass is 10.0. The fourth-order valence-corrected chi connectivity index (χ4v) is 1.81. The largest absolute Gasteiger partial charge is 0.496 e. The molecule has 1 rings (SSSR count). The van der Waals surface area contributed by atoms with Crippen molar-refractivity contribution in [2.45, 2.75) is 32.8 Å². The van der Waals surface area contributed by atoms with Gasteiger partial charge < -0.3 is 19.5 Å². The first-order valence-electron chi connectivity index (χ1n) is 7.13. The fraction of sp³-hybridized carbons (Fsp3) is 0.500. The molecule has 0 aliphatic heterocycles. The van der Waals surface area contributed by atoms with E-state index in [1.165, 1.54) is 20.3 Å². The van der Waals surface area contributed by atoms with Crippen molar-refractivity contribution in [2.24, 2.45) is 0 Å². The van der Waals surface area contributed by atoms with Crippen LogP contribution in [0.1, 0.15) is 37.6 Å². The normalized spacial score (nSPS) is 13.1. The van der Waals surface area contributed by atoms with E-state index < -0.39 is 11.6 Å². The summed E-state index contributed by atoms with van der Waals surface area (Å²) in [6.07, 6.45) is 0.524. The maximum absolute atomic E-state index is 12.3. The monoisotopic (exact) mass is 309 g/mol. The number of benzene rings is 1. The Balaban J connectivity index is 3.05. The Hall–Kier alpha value is -2.08. The van der Waals surface area contributed by atoms with Gasteiger partial charge >= 0.3 is 5.97 Å². The highest BCUT2D eigenvalue weighted by Crippen LogP contribution is 2.25. The van der Waals surface area contributed by atoms with Gasteiger partial charge in [-0.25, -0.2) is 4.79 Å². The number of hydrogen-bond donors (Lipinski definition) is 1. The summed E-state index contributed by atoms with van der Waals surface area (Å²) in [6, 6.07) is 4.80. The quantitative estimate of drug-likeness (QED) is 0.784. The number of rotatable bonds is 7. The Morgan fingerprint density at radius 3 is 2.41 bits per heavy atom. The van der Waals surface area contributed by atoms with Crippen LogP contribution < -0.4 is 10.1 Å². The van der Waals surface area contributed by atoms with Gasteiger partial charge in [-0.15, -0.1) is 0 Å². The summed E-state index contributed by atoms with van der Waals surface area (Å²) in [6.45, 7) is 5.55. The lowest BCUT2D eigenvalue weighted by Gasteiger charge is -2.25. The third-order valence-electron chi connectivity index (χ3n) is 3.56. The molecule has 0 bridgehead atoms. The maximum Gasteiger partial charge on any atom is 0.341 e. The number of amides is 1. The minimum absolute atomic E-state index is 0.260. The van der Waals surface area contributed by atoms with Crippen LogP contribution in [0, 0.1) is 0 Å². The summed E-state index contributed by atoms with van der Waals surface area (Å²) in [5.74, 6) is -0.389. The molecule has 0 radical (unpaired) electrons. The van der Waals surface area contributed by atoms with Crippen molar-refractivity contribution in [1.82, 2.24) is 0 Å². The van der Waals surface area contributed by atoms with Gasteiger partial charge in [0.2, 0.25) is 0 Å². The molecule has 6 heteroatoms. The molecule has 6 nitrogen and oxygen atoms in total. The molecule has 1 N–H and O–H groups in total. The van der Waals surface area contributed by atoms with Crippen LogP contribution in [0.25, 0.3) is 0 Å². The minimum atomic E-state index is -0.927. The lowest BCUT2D eigenvalue weighted by Crippen LogP contribution is -2.41. The van der Waals surface area contributed by atoms with Gasteiger partial charge in [0.15, 0.2) is 0 Å². The van der Waals surface area contributed by atoms with Gasteiger partial charge in [0.05, 0.1) is 13.7 Å². The van der Waals surface area contributed by atoms with Crippen molar-refractivity contribution in [3.63, 3.8) is 0 Å². The number of anilines is 1. The second-order valence-electron chi connectivity index (χ2n) is 4.88. The smallest absolute Gasteiger partial charge is 0.341 e. The van der Waals surface area contributed by atoms with E-state index in [9.17, 15) is 9.59 Å². The zero-order valence-electron chi connectivity index (χ0n) is 13.7. The Morgan fingerprint density at radius 1 is 1.23 bits per heavy atom. The van der Waals surface area contributed by atoms with Crippen LogP contribution >= 0.6 is 0 Å². The number of hydrogen-bond acceptors (Lipinski definition) is 5. The highest BCUT2D eigenvalue weighted by atomic mass is 16.5. The fourth-order valence-electron chi connectivity index (χ4n) is 1.81. The van der Waals surface area contributed by atoms with Crippen molar-refractivity contribution in [2.75, 3.05) is 26.1 Å². The molecule has 0 aromatic heterocycles. The first-order valence-corrected chi connectivity index (χ1v) is 7.13. The van der Waals surface area contributed by atoms with Crippen molar-refractivity contribution in [3.05, 3.63) is 23.8 Å². The predicted octanol–water partition coefficient (Wildman–Crippen LogP) is 2.63. The van der Waals surface area contributed by atoms with E-state index in [1.807, 2.05) is 6.92 Å². The summed E-state index contributed by atoms with van der Waals surface area (Å²) >= 11 is 0. The summed E-state index contributed by atoms with van der Waals surface area (Å²) < 4.78 is 15.4. The molecule has 1 atom stereocenters. The van der Waals surface area contributed by atoms with Crippen LogP contribution in [0.2, 0.25) is 0 Å². The van der Waals surface area contributed by atoms with Crippen LogP contribution in [-0.4, -0.2) is 38.3 Å². The van der Waals surface area contributed by atoms with Crippen molar-refractivity contribution < 1.29 is 23.8 Å². The van der Waals surface area contributed by atoms with Crippen LogP contribution in [0.3, 0.4) is 0 Å². The van der Waals surface area contributed by atoms with Gasteiger partial charge in [0.1, 0.15) is 16.9 Å². The summed E-state index contributed by atoms with van der Waals surface area (Å²) in [5, 5.41) is 2.75. The first kappa shape index (κ1) is 18.0. The van der Waals surface area contributed by atoms with Crippen LogP contribution in [0.5, 0.6) is 5.75 Å². The van der Waals surface area contributed by atoms with E-state index in [2.05, 4.69) is 5.32 Å². The van der Waals surface area contributed by atoms with Gasteiger partial charge in [0, 0.05) is 12.8 Å². The Kier molecular flexibility index (Phi) is 6.37. The molecule has 1 amide bonds. The molecule has 0 saturated heterocycles. The molecule has 22 heavy (non-hydrogen) atoms. The van der Waals surface area contributed by atoms with E-state index in [-0.39, 0.29) is 18.1 Å². The molecule has 0 aliphatic carbocycles. The Labute approximate surface area is 130 Å². The molecule has 122 valence electrons. The summed E-state index contributed by atoms with van der Waals surface area (Å²) in [4.78, 5) is 24.2. The molecule has 1 aromatic rings. The second kappa shape index (κ2) is 7.79. The molecule has 1 aromatic carbocycles. The predicted molar refractivity (Wildman–Crippen MR) is 83.3 cm³/mol. The highest BCUT2D eigenvalue weighted by molar-refractivity contribution is 5.99. The number of nitrogens with one attached hydrogen (secondary N) is 1. The molecule has 0 fully saturated rings. The van der Waals surface area contributed by atoms with Gasteiger partial charge in [0.25, 0.3) is 5.91 Å². The topological polar surface area (TPSA) is 73.9 Å². The van der Waals surface area contributed by atoms with Crippen molar-refractivity contribution in [3.8, 4) is 5.75 Å². The third-order valence-corrected chi connectivity index (χ3v) is 3.56. The van der Waals surface area contributed by atoms with E-state index >= 15 is 0 Å². The third kappa shape index (κ3) is 3.98. The maximum atomic E-state index is 12.3. The Morgan fingerprint density at radius 2 is 1.91 bits per heavy atom. The van der Waals surface area contributed by atoms with Crippen molar-refractivity contribution >= 4 is 17.6 Å². The van der Waals surface area contributed by atoms with Crippen LogP contribution in [0.4, 0.5) is 5.69 Å². The van der Waals surface area contributed by atoms with E-state index in [1.54, 1.807) is 26.0 Å². The highest BCUT2D eigenvalue weighted by Gasteiger charge is 2.31. The molecule has 0 aliphatic rings. The number of carbonyl (C=O) groups is 2. The molecular weight excluding hydrogens is 286 g/mol. The number of carbonyl (C=O) groups excluding carboxylic acids is 2. The summed E-state index contributed by atoms with van der Waals surface area (Å²) in [7, 11) is 2.95. The zero-order valence-corrected chi connectivity index (χ0v) is 13.7. The number of ether oxygens (including phenoxy) is 3. The van der Waals surface area contributed by atoms with Gasteiger partial charge in [-0.2, -0.15) is 0 Å². The van der Waals surface area contributed by atoms with Crippen LogP contribution in [0.15, 0.2) is 18.2 Å². The number of esters is 1. The summed E-state index contributed by atoms with van der Waals surface area (Å²) in [5.41, 5.74) is -0.187. The van der Waals surface area contributed by atoms with Crippen molar-refractivity contribution in [1.29, 1.82) is 0 Å². The molecule has 0 heterocycles. The van der Waals surface area contributed by atoms with Gasteiger partial charge in [-0.05, 0) is 38.5 Å². The van der Waals surface area contributed by atoms with Crippen LogP contribution in [-0.2, 0) is 14.3 Å². The van der Waals surface area contributed by atoms with E-state index in [0.717, 1.165) is 0 Å². The molecule has 0 saturated carbocycles. The molecular formula is C16H23NO5. The molecule has 0 spiro atoms. The average molecular weight is 309 g/mol. The standard InChI is InChI=1S/C16H23NO5/c1-6-16(3,21-5)15(19)17-11-8-9-13(20-4)12(10-11)14(18)22-7-2/h8-10H,6-7H2,1-5H3,(H,17,19)/t16-/m1/s1. The van der Waals surface area contributed by atoms with Gasteiger partial charge in [-0.1, -0.05) is 6.92 Å². The average Bonchev–Trinajstić information content (AvgIpc) is 2.54. The number of methoxy groups -OCH3 is 2.